The van der Waals surface area contributed by atoms with Gasteiger partial charge in [0.25, 0.3) is 0 Å². The van der Waals surface area contributed by atoms with E-state index >= 15 is 0 Å². The number of halogens is 3. The van der Waals surface area contributed by atoms with Crippen molar-refractivity contribution in [2.24, 2.45) is 5.92 Å². The molecule has 2 aromatic heterocycles. The van der Waals surface area contributed by atoms with Crippen molar-refractivity contribution in [3.05, 3.63) is 16.8 Å². The van der Waals surface area contributed by atoms with Crippen molar-refractivity contribution < 1.29 is 32.9 Å². The van der Waals surface area contributed by atoms with E-state index in [1.807, 2.05) is 13.0 Å². The summed E-state index contributed by atoms with van der Waals surface area (Å²) in [6, 6.07) is 1.96. The van der Waals surface area contributed by atoms with Crippen molar-refractivity contribution >= 4 is 39.0 Å². The van der Waals surface area contributed by atoms with Gasteiger partial charge >= 0.3 is 6.18 Å². The molecule has 4 rings (SSSR count). The molecule has 2 aromatic rings. The molecule has 218 valence electrons. The fourth-order valence-electron chi connectivity index (χ4n) is 4.83. The van der Waals surface area contributed by atoms with Crippen LogP contribution in [-0.2, 0) is 15.9 Å². The Morgan fingerprint density at radius 1 is 1.23 bits per heavy atom. The summed E-state index contributed by atoms with van der Waals surface area (Å²) >= 11 is 1.49. The highest BCUT2D eigenvalue weighted by Crippen LogP contribution is 2.34. The Kier molecular flexibility index (Phi) is 9.01. The Hall–Kier alpha value is -2.83. The fraction of sp³-hybridized carbons (Fsp3) is 0.615. The molecular formula is C26H33F3N6O4S. The molecule has 1 saturated carbocycles. The maximum absolute atomic E-state index is 13.1. The van der Waals surface area contributed by atoms with Crippen molar-refractivity contribution in [2.75, 3.05) is 37.7 Å². The van der Waals surface area contributed by atoms with Crippen molar-refractivity contribution in [3.63, 3.8) is 0 Å². The van der Waals surface area contributed by atoms with Crippen LogP contribution in [0.4, 0.5) is 19.0 Å². The van der Waals surface area contributed by atoms with Gasteiger partial charge in [-0.3, -0.25) is 10.8 Å². The predicted molar refractivity (Wildman–Crippen MR) is 145 cm³/mol. The predicted octanol–water partition coefficient (Wildman–Crippen LogP) is 3.15. The van der Waals surface area contributed by atoms with E-state index in [4.69, 9.17) is 25.4 Å². The van der Waals surface area contributed by atoms with Gasteiger partial charge in [0.2, 0.25) is 11.7 Å². The molecule has 0 aromatic carbocycles. The number of ether oxygens (including phenoxy) is 2. The summed E-state index contributed by atoms with van der Waals surface area (Å²) in [5.41, 5.74) is 0. The number of rotatable bonds is 7. The zero-order valence-electron chi connectivity index (χ0n) is 22.5. The van der Waals surface area contributed by atoms with E-state index in [1.165, 1.54) is 25.2 Å². The largest absolute Gasteiger partial charge is 0.449 e. The number of amidine groups is 2. The molecule has 0 radical (unpaired) electrons. The molecule has 0 bridgehead atoms. The maximum Gasteiger partial charge on any atom is 0.449 e. The lowest BCUT2D eigenvalue weighted by molar-refractivity contribution is -0.224. The van der Waals surface area contributed by atoms with Crippen LogP contribution in [0.1, 0.15) is 44.3 Å². The number of fused-ring (bicyclic) bond motifs is 1. The second-order valence-electron chi connectivity index (χ2n) is 10.2. The van der Waals surface area contributed by atoms with Crippen molar-refractivity contribution in [1.29, 1.82) is 10.8 Å². The van der Waals surface area contributed by atoms with Gasteiger partial charge in [-0.15, -0.1) is 11.3 Å². The molecule has 2 fully saturated rings. The summed E-state index contributed by atoms with van der Waals surface area (Å²) in [5, 5.41) is 35.7. The molecule has 3 atom stereocenters. The van der Waals surface area contributed by atoms with Crippen LogP contribution in [-0.4, -0.2) is 93.8 Å². The summed E-state index contributed by atoms with van der Waals surface area (Å²) in [4.78, 5) is 13.4. The average Bonchev–Trinajstić information content (AvgIpc) is 3.46. The Morgan fingerprint density at radius 3 is 2.58 bits per heavy atom. The van der Waals surface area contributed by atoms with Gasteiger partial charge in [0.15, 0.2) is 5.79 Å². The average molecular weight is 583 g/mol. The summed E-state index contributed by atoms with van der Waals surface area (Å²) in [6.07, 6.45) is -3.78. The summed E-state index contributed by atoms with van der Waals surface area (Å²) in [5.74, 6) is 3.59. The minimum atomic E-state index is -4.83. The van der Waals surface area contributed by atoms with E-state index in [0.717, 1.165) is 16.7 Å². The number of aryl methyl sites for hydroxylation is 1. The second kappa shape index (κ2) is 12.0. The van der Waals surface area contributed by atoms with Gasteiger partial charge in [0.05, 0.1) is 37.4 Å². The van der Waals surface area contributed by atoms with E-state index in [0.29, 0.717) is 28.4 Å². The first-order chi connectivity index (χ1) is 18.8. The minimum absolute atomic E-state index is 0.137. The third-order valence-corrected chi connectivity index (χ3v) is 7.74. The SMILES string of the molecule is CCc1cc2c(N3CCN(C(=N)C(F)(F)F)C(=N)C3)nc(C#C[C@@H]3C[C@H](OCCO)[C@@H](OC(C)(C)O)C3)nc2s1. The fourth-order valence-corrected chi connectivity index (χ4v) is 5.79. The smallest absolute Gasteiger partial charge is 0.394 e. The first kappa shape index (κ1) is 30.1. The third-order valence-electron chi connectivity index (χ3n) is 6.57. The monoisotopic (exact) mass is 582 g/mol. The Morgan fingerprint density at radius 2 is 1.95 bits per heavy atom. The number of aliphatic hydroxyl groups excluding tert-OH is 1. The van der Waals surface area contributed by atoms with Crippen molar-refractivity contribution in [3.8, 4) is 11.8 Å². The van der Waals surface area contributed by atoms with Crippen LogP contribution >= 0.6 is 11.3 Å². The first-order valence-corrected chi connectivity index (χ1v) is 13.8. The van der Waals surface area contributed by atoms with Gasteiger partial charge in [-0.2, -0.15) is 13.2 Å². The molecule has 3 heterocycles. The highest BCUT2D eigenvalue weighted by molar-refractivity contribution is 7.18. The number of nitrogens with one attached hydrogen (secondary N) is 2. The number of alkyl halides is 3. The Balaban J connectivity index is 1.59. The van der Waals surface area contributed by atoms with Crippen LogP contribution in [0.3, 0.4) is 0 Å². The lowest BCUT2D eigenvalue weighted by Crippen LogP contribution is -2.55. The minimum Gasteiger partial charge on any atom is -0.394 e. The van der Waals surface area contributed by atoms with Gasteiger partial charge < -0.3 is 29.5 Å². The van der Waals surface area contributed by atoms with Crippen LogP contribution in [0.2, 0.25) is 0 Å². The van der Waals surface area contributed by atoms with E-state index in [2.05, 4.69) is 21.8 Å². The highest BCUT2D eigenvalue weighted by atomic mass is 32.1. The van der Waals surface area contributed by atoms with E-state index < -0.39 is 23.9 Å². The van der Waals surface area contributed by atoms with Crippen LogP contribution in [0.15, 0.2) is 6.07 Å². The van der Waals surface area contributed by atoms with Gasteiger partial charge in [-0.1, -0.05) is 12.8 Å². The normalized spacial score (nSPS) is 22.1. The van der Waals surface area contributed by atoms with E-state index in [1.54, 1.807) is 4.90 Å². The lowest BCUT2D eigenvalue weighted by atomic mass is 10.1. The molecule has 0 amide bonds. The highest BCUT2D eigenvalue weighted by Gasteiger charge is 2.42. The number of aromatic nitrogens is 2. The van der Waals surface area contributed by atoms with Crippen LogP contribution < -0.4 is 4.90 Å². The number of piperazine rings is 1. The topological polar surface area (TPSA) is 139 Å². The number of nitrogens with zero attached hydrogens (tertiary/aromatic N) is 4. The van der Waals surface area contributed by atoms with Gasteiger partial charge in [0.1, 0.15) is 16.5 Å². The van der Waals surface area contributed by atoms with Crippen LogP contribution in [0.25, 0.3) is 10.2 Å². The standard InChI is InChI=1S/C26H33F3N6O4S/c1-4-16-13-17-22(34-7-8-35(20(30)14-34)24(31)26(27,28)29)32-21(33-23(17)40-16)6-5-15-11-18(38-10-9-36)19(12-15)39-25(2,3)37/h13,15,18-19,30-31,36-37H,4,7-12,14H2,1-3H3/t15-,18+,19+/m1/s1. The van der Waals surface area contributed by atoms with E-state index in [-0.39, 0.29) is 56.5 Å². The summed E-state index contributed by atoms with van der Waals surface area (Å²) < 4.78 is 50.7. The quantitative estimate of drug-likeness (QED) is 0.169. The number of anilines is 1. The van der Waals surface area contributed by atoms with Crippen LogP contribution in [0, 0.1) is 28.6 Å². The number of aliphatic hydroxyl groups is 2. The first-order valence-electron chi connectivity index (χ1n) is 13.0. The summed E-state index contributed by atoms with van der Waals surface area (Å²) in [7, 11) is 0. The molecule has 1 aliphatic carbocycles. The molecule has 10 nitrogen and oxygen atoms in total. The zero-order valence-corrected chi connectivity index (χ0v) is 23.3. The maximum atomic E-state index is 13.1. The van der Waals surface area contributed by atoms with E-state index in [9.17, 15) is 18.3 Å². The number of hydrogen-bond donors (Lipinski definition) is 4. The lowest BCUT2D eigenvalue weighted by Gasteiger charge is -2.37. The Labute approximate surface area is 234 Å². The third kappa shape index (κ3) is 7.08. The van der Waals surface area contributed by atoms with Crippen LogP contribution in [0.5, 0.6) is 0 Å². The second-order valence-corrected chi connectivity index (χ2v) is 11.3. The van der Waals surface area contributed by atoms with Crippen molar-refractivity contribution in [1.82, 2.24) is 14.9 Å². The van der Waals surface area contributed by atoms with Gasteiger partial charge in [0, 0.05) is 23.9 Å². The molecule has 0 unspecified atom stereocenters. The molecule has 40 heavy (non-hydrogen) atoms. The number of thiophene rings is 1. The zero-order chi connectivity index (χ0) is 29.2. The molecule has 1 aliphatic heterocycles. The molecule has 1 saturated heterocycles. The molecule has 14 heteroatoms. The molecule has 2 aliphatic rings. The summed E-state index contributed by atoms with van der Waals surface area (Å²) in [6.45, 7) is 4.92. The number of hydrogen-bond acceptors (Lipinski definition) is 10. The molecule has 0 spiro atoms. The van der Waals surface area contributed by atoms with Gasteiger partial charge in [-0.25, -0.2) is 9.97 Å². The van der Waals surface area contributed by atoms with Crippen molar-refractivity contribution in [2.45, 2.75) is 64.2 Å². The molecular weight excluding hydrogens is 549 g/mol. The Bertz CT molecular complexity index is 1320. The van der Waals surface area contributed by atoms with Gasteiger partial charge in [-0.05, 0) is 45.1 Å². The molecule has 4 N–H and O–H groups in total.